The molecule has 0 radical (unpaired) electrons. The molecule has 2 heterocycles. The summed E-state index contributed by atoms with van der Waals surface area (Å²) >= 11 is 0. The highest BCUT2D eigenvalue weighted by molar-refractivity contribution is 5.63. The number of aromatic nitrogens is 2. The second-order valence-electron chi connectivity index (χ2n) is 8.41. The molecular weight excluding hydrogens is 410 g/mol. The number of nitrogens with zero attached hydrogens (tertiary/aromatic N) is 2. The van der Waals surface area contributed by atoms with Crippen molar-refractivity contribution in [1.82, 2.24) is 14.9 Å². The Morgan fingerprint density at radius 1 is 1.12 bits per heavy atom. The lowest BCUT2D eigenvalue weighted by molar-refractivity contribution is 0.0469. The molecule has 2 N–H and O–H groups in total. The Morgan fingerprint density at radius 3 is 2.58 bits per heavy atom. The molecule has 3 aromatic rings. The van der Waals surface area contributed by atoms with Crippen molar-refractivity contribution >= 4 is 0 Å². The molecule has 5 nitrogen and oxygen atoms in total. The molecule has 0 amide bonds. The van der Waals surface area contributed by atoms with Crippen LogP contribution in [0.1, 0.15) is 23.6 Å². The van der Waals surface area contributed by atoms with Gasteiger partial charge in [0.1, 0.15) is 5.60 Å². The predicted molar refractivity (Wildman–Crippen MR) is 131 cm³/mol. The fourth-order valence-corrected chi connectivity index (χ4v) is 4.16. The van der Waals surface area contributed by atoms with Gasteiger partial charge in [-0.05, 0) is 62.0 Å². The number of aromatic amines is 1. The summed E-state index contributed by atoms with van der Waals surface area (Å²) in [5.41, 5.74) is 7.85. The monoisotopic (exact) mass is 437 g/mol. The van der Waals surface area contributed by atoms with Gasteiger partial charge in [-0.1, -0.05) is 53.9 Å². The molecule has 0 spiro atoms. The Kier molecular flexibility index (Phi) is 6.69. The van der Waals surface area contributed by atoms with Crippen molar-refractivity contribution in [2.45, 2.75) is 17.9 Å². The maximum absolute atomic E-state index is 13.2. The number of hydrogen-bond acceptors (Lipinski definition) is 4. The van der Waals surface area contributed by atoms with Gasteiger partial charge in [0.2, 0.25) is 0 Å². The van der Waals surface area contributed by atoms with Gasteiger partial charge in [-0.2, -0.15) is 0 Å². The molecule has 1 aliphatic carbocycles. The van der Waals surface area contributed by atoms with Crippen molar-refractivity contribution in [3.63, 3.8) is 0 Å². The number of nitrogens with one attached hydrogen (secondary N) is 1. The summed E-state index contributed by atoms with van der Waals surface area (Å²) < 4.78 is 0. The van der Waals surface area contributed by atoms with E-state index in [1.807, 2.05) is 85.7 Å². The van der Waals surface area contributed by atoms with Crippen LogP contribution in [0, 0.1) is 0 Å². The number of H-pyrrole nitrogens is 1. The molecule has 2 atom stereocenters. The predicted octanol–water partition coefficient (Wildman–Crippen LogP) is 4.06. The van der Waals surface area contributed by atoms with Crippen LogP contribution in [0.3, 0.4) is 0 Å². The number of aliphatic hydroxyl groups is 1. The fourth-order valence-electron chi connectivity index (χ4n) is 4.16. The lowest BCUT2D eigenvalue weighted by Crippen LogP contribution is -2.43. The zero-order chi connectivity index (χ0) is 23.3. The Morgan fingerprint density at radius 2 is 1.91 bits per heavy atom. The number of pyridine rings is 2. The first-order valence-electron chi connectivity index (χ1n) is 10.9. The minimum atomic E-state index is -1.43. The smallest absolute Gasteiger partial charge is 0.251 e. The molecule has 0 saturated heterocycles. The summed E-state index contributed by atoms with van der Waals surface area (Å²) in [5.74, 6) is -0.710. The van der Waals surface area contributed by atoms with Gasteiger partial charge in [0.05, 0.1) is 11.6 Å². The molecule has 2 aromatic heterocycles. The van der Waals surface area contributed by atoms with E-state index in [4.69, 9.17) is 0 Å². The van der Waals surface area contributed by atoms with Crippen molar-refractivity contribution in [2.75, 3.05) is 20.6 Å². The third kappa shape index (κ3) is 4.88. The molecular formula is C28H27N3O2. The maximum atomic E-state index is 13.2. The molecule has 2 unspecified atom stereocenters. The van der Waals surface area contributed by atoms with E-state index in [9.17, 15) is 9.90 Å². The third-order valence-electron chi connectivity index (χ3n) is 5.87. The lowest BCUT2D eigenvalue weighted by atomic mass is 9.72. The Hall–Kier alpha value is -3.72. The van der Waals surface area contributed by atoms with Gasteiger partial charge in [-0.25, -0.2) is 0 Å². The first-order valence-corrected chi connectivity index (χ1v) is 10.9. The van der Waals surface area contributed by atoms with E-state index < -0.39 is 11.5 Å². The van der Waals surface area contributed by atoms with Crippen LogP contribution >= 0.6 is 0 Å². The molecule has 166 valence electrons. The molecule has 4 rings (SSSR count). The molecule has 1 aliphatic rings. The average Bonchev–Trinajstić information content (AvgIpc) is 2.86. The molecule has 0 aliphatic heterocycles. The highest BCUT2D eigenvalue weighted by Gasteiger charge is 2.43. The van der Waals surface area contributed by atoms with Crippen LogP contribution < -0.4 is 5.56 Å². The van der Waals surface area contributed by atoms with Crippen LogP contribution in [-0.2, 0) is 0 Å². The van der Waals surface area contributed by atoms with Crippen molar-refractivity contribution in [2.24, 2.45) is 0 Å². The number of rotatable bonds is 8. The highest BCUT2D eigenvalue weighted by Crippen LogP contribution is 2.41. The van der Waals surface area contributed by atoms with Crippen LogP contribution in [0.4, 0.5) is 0 Å². The number of hydrogen-bond donors (Lipinski definition) is 2. The van der Waals surface area contributed by atoms with E-state index >= 15 is 0 Å². The molecule has 0 saturated carbocycles. The summed E-state index contributed by atoms with van der Waals surface area (Å²) in [6, 6.07) is 17.3. The zero-order valence-electron chi connectivity index (χ0n) is 18.8. The van der Waals surface area contributed by atoms with E-state index in [0.717, 1.165) is 11.1 Å². The van der Waals surface area contributed by atoms with Gasteiger partial charge in [0.25, 0.3) is 5.56 Å². The Bertz CT molecular complexity index is 1300. The van der Waals surface area contributed by atoms with Crippen molar-refractivity contribution in [3.05, 3.63) is 124 Å². The van der Waals surface area contributed by atoms with Gasteiger partial charge in [-0.3, -0.25) is 9.78 Å². The largest absolute Gasteiger partial charge is 0.383 e. The number of allylic oxidation sites excluding steroid dienone is 2. The number of benzene rings is 1. The molecule has 5 heteroatoms. The van der Waals surface area contributed by atoms with E-state index in [0.29, 0.717) is 29.8 Å². The van der Waals surface area contributed by atoms with Gasteiger partial charge < -0.3 is 15.0 Å². The fraction of sp³-hybridized carbons (Fsp3) is 0.214. The Labute approximate surface area is 193 Å². The summed E-state index contributed by atoms with van der Waals surface area (Å²) in [4.78, 5) is 22.7. The lowest BCUT2D eigenvalue weighted by Gasteiger charge is -2.37. The van der Waals surface area contributed by atoms with Crippen LogP contribution in [0.5, 0.6) is 0 Å². The zero-order valence-corrected chi connectivity index (χ0v) is 18.8. The molecule has 1 aromatic carbocycles. The van der Waals surface area contributed by atoms with Crippen molar-refractivity contribution in [3.8, 4) is 11.1 Å². The standard InChI is InChI=1S/C28H27N3O2/c1-31(2)18-16-28(33,23-13-7-4-8-14-23)26(25-15-9-10-17-29-25)24-19-22(20-30-27(24)32)21-11-5-3-6-12-21/h3-7,9-13,15,17,19-20,26,33H,16,18H2,1-2H3,(H,30,32). The van der Waals surface area contributed by atoms with E-state index in [1.165, 1.54) is 0 Å². The first-order chi connectivity index (χ1) is 16.0. The van der Waals surface area contributed by atoms with Crippen molar-refractivity contribution in [1.29, 1.82) is 0 Å². The second kappa shape index (κ2) is 9.83. The average molecular weight is 438 g/mol. The Balaban J connectivity index is 1.96. The van der Waals surface area contributed by atoms with Gasteiger partial charge in [0.15, 0.2) is 0 Å². The summed E-state index contributed by atoms with van der Waals surface area (Å²) in [6.45, 7) is 0.610. The topological polar surface area (TPSA) is 69.2 Å². The SMILES string of the molecule is CN(C)CCC(O)(C1=C=C=CC=C1)C(c1ccccn1)c1cc(-c2ccccc2)c[nH]c1=O. The van der Waals surface area contributed by atoms with E-state index in [1.54, 1.807) is 18.5 Å². The van der Waals surface area contributed by atoms with Gasteiger partial charge >= 0.3 is 0 Å². The molecule has 0 bridgehead atoms. The van der Waals surface area contributed by atoms with E-state index in [-0.39, 0.29) is 5.56 Å². The third-order valence-corrected chi connectivity index (χ3v) is 5.87. The second-order valence-corrected chi connectivity index (χ2v) is 8.41. The first kappa shape index (κ1) is 22.5. The minimum absolute atomic E-state index is 0.256. The summed E-state index contributed by atoms with van der Waals surface area (Å²) in [6.07, 6.45) is 9.17. The minimum Gasteiger partial charge on any atom is -0.383 e. The van der Waals surface area contributed by atoms with Gasteiger partial charge in [0, 0.05) is 30.1 Å². The normalized spacial score (nSPS) is 15.3. The van der Waals surface area contributed by atoms with Crippen LogP contribution in [0.25, 0.3) is 11.1 Å². The highest BCUT2D eigenvalue weighted by atomic mass is 16.3. The quantitative estimate of drug-likeness (QED) is 0.522. The maximum Gasteiger partial charge on any atom is 0.251 e. The van der Waals surface area contributed by atoms with Crippen LogP contribution in [-0.4, -0.2) is 46.2 Å². The summed E-state index contributed by atoms with van der Waals surface area (Å²) in [5, 5.41) is 12.3. The van der Waals surface area contributed by atoms with Crippen LogP contribution in [0.15, 0.2) is 107 Å². The summed E-state index contributed by atoms with van der Waals surface area (Å²) in [7, 11) is 3.92. The molecule has 33 heavy (non-hydrogen) atoms. The van der Waals surface area contributed by atoms with Crippen LogP contribution in [0.2, 0.25) is 0 Å². The van der Waals surface area contributed by atoms with E-state index in [2.05, 4.69) is 21.4 Å². The molecule has 0 fully saturated rings. The van der Waals surface area contributed by atoms with Gasteiger partial charge in [-0.15, -0.1) is 0 Å². The van der Waals surface area contributed by atoms with Crippen molar-refractivity contribution < 1.29 is 5.11 Å².